The zero-order valence-electron chi connectivity index (χ0n) is 17.4. The summed E-state index contributed by atoms with van der Waals surface area (Å²) < 4.78 is 0. The zero-order valence-corrected chi connectivity index (χ0v) is 19.1. The van der Waals surface area contributed by atoms with Gasteiger partial charge in [0.15, 0.2) is 0 Å². The fourth-order valence-electron chi connectivity index (χ4n) is 3.50. The Kier molecular flexibility index (Phi) is 13.6. The van der Waals surface area contributed by atoms with Gasteiger partial charge < -0.3 is 20.9 Å². The first-order valence-electron chi connectivity index (χ1n) is 10.1. The lowest BCUT2D eigenvalue weighted by Crippen LogP contribution is -2.49. The van der Waals surface area contributed by atoms with E-state index < -0.39 is 0 Å². The average Bonchev–Trinajstić information content (AvgIpc) is 2.70. The van der Waals surface area contributed by atoms with Crippen LogP contribution < -0.4 is 16.0 Å². The molecule has 2 amide bonds. The molecule has 3 N–H and O–H groups in total. The summed E-state index contributed by atoms with van der Waals surface area (Å²) in [6, 6.07) is 3.82. The molecular formula is C20H35Cl2N5O2. The van der Waals surface area contributed by atoms with Crippen LogP contribution in [0.2, 0.25) is 0 Å². The van der Waals surface area contributed by atoms with Crippen molar-refractivity contribution in [2.75, 3.05) is 37.6 Å². The maximum atomic E-state index is 13.0. The van der Waals surface area contributed by atoms with Gasteiger partial charge in [-0.3, -0.25) is 9.59 Å². The SMILES string of the molecule is CCCN(CC)c1ccc(C(=O)N2CCCCC2CNC(=O)CCN)cn1.Cl.Cl. The molecule has 0 aromatic carbocycles. The Morgan fingerprint density at radius 2 is 2.03 bits per heavy atom. The third-order valence-electron chi connectivity index (χ3n) is 4.99. The van der Waals surface area contributed by atoms with E-state index in [1.807, 2.05) is 17.0 Å². The molecule has 2 rings (SSSR count). The van der Waals surface area contributed by atoms with Crippen molar-refractivity contribution in [3.8, 4) is 0 Å². The Morgan fingerprint density at radius 3 is 2.62 bits per heavy atom. The number of rotatable bonds is 9. The van der Waals surface area contributed by atoms with E-state index in [2.05, 4.69) is 29.0 Å². The van der Waals surface area contributed by atoms with Gasteiger partial charge >= 0.3 is 0 Å². The maximum absolute atomic E-state index is 13.0. The van der Waals surface area contributed by atoms with Gasteiger partial charge in [0.1, 0.15) is 5.82 Å². The van der Waals surface area contributed by atoms with Gasteiger partial charge in [-0.15, -0.1) is 24.8 Å². The van der Waals surface area contributed by atoms with Gasteiger partial charge in [-0.25, -0.2) is 4.98 Å². The second kappa shape index (κ2) is 14.4. The normalized spacial score (nSPS) is 15.7. The lowest BCUT2D eigenvalue weighted by Gasteiger charge is -2.36. The maximum Gasteiger partial charge on any atom is 0.255 e. The number of piperidine rings is 1. The number of hydrogen-bond acceptors (Lipinski definition) is 5. The summed E-state index contributed by atoms with van der Waals surface area (Å²) in [6.07, 6.45) is 6.01. The Morgan fingerprint density at radius 1 is 1.28 bits per heavy atom. The van der Waals surface area contributed by atoms with E-state index in [0.29, 0.717) is 25.1 Å². The molecule has 0 spiro atoms. The van der Waals surface area contributed by atoms with E-state index in [0.717, 1.165) is 51.1 Å². The minimum absolute atomic E-state index is 0. The summed E-state index contributed by atoms with van der Waals surface area (Å²) in [6.45, 7) is 7.63. The smallest absolute Gasteiger partial charge is 0.255 e. The molecule has 1 aliphatic rings. The lowest BCUT2D eigenvalue weighted by atomic mass is 10.0. The molecule has 1 aromatic rings. The standard InChI is InChI=1S/C20H33N5O2.2ClH/c1-3-12-24(4-2)18-9-8-16(14-22-18)20(27)25-13-6-5-7-17(25)15-23-19(26)10-11-21;;/h8-9,14,17H,3-7,10-13,15,21H2,1-2H3,(H,23,26);2*1H. The number of halogens is 2. The molecule has 29 heavy (non-hydrogen) atoms. The minimum atomic E-state index is -0.0583. The van der Waals surface area contributed by atoms with Crippen molar-refractivity contribution >= 4 is 42.4 Å². The lowest BCUT2D eigenvalue weighted by molar-refractivity contribution is -0.121. The van der Waals surface area contributed by atoms with Crippen molar-refractivity contribution in [1.29, 1.82) is 0 Å². The minimum Gasteiger partial charge on any atom is -0.357 e. The second-order valence-corrected chi connectivity index (χ2v) is 6.98. The fourth-order valence-corrected chi connectivity index (χ4v) is 3.50. The Hall–Kier alpha value is -1.57. The summed E-state index contributed by atoms with van der Waals surface area (Å²) in [7, 11) is 0. The summed E-state index contributed by atoms with van der Waals surface area (Å²) in [5, 5.41) is 2.90. The van der Waals surface area contributed by atoms with E-state index in [1.165, 1.54) is 0 Å². The third-order valence-corrected chi connectivity index (χ3v) is 4.99. The predicted octanol–water partition coefficient (Wildman–Crippen LogP) is 2.62. The fraction of sp³-hybridized carbons (Fsp3) is 0.650. The average molecular weight is 448 g/mol. The van der Waals surface area contributed by atoms with Gasteiger partial charge in [-0.2, -0.15) is 0 Å². The molecule has 0 aliphatic carbocycles. The van der Waals surface area contributed by atoms with Crippen LogP contribution in [0.4, 0.5) is 5.82 Å². The molecule has 166 valence electrons. The van der Waals surface area contributed by atoms with Crippen LogP contribution in [0, 0.1) is 0 Å². The van der Waals surface area contributed by atoms with Gasteiger partial charge in [-0.1, -0.05) is 6.92 Å². The number of carbonyl (C=O) groups excluding carboxylic acids is 2. The highest BCUT2D eigenvalue weighted by Gasteiger charge is 2.28. The first-order chi connectivity index (χ1) is 13.1. The topological polar surface area (TPSA) is 91.6 Å². The van der Waals surface area contributed by atoms with Gasteiger partial charge in [-0.05, 0) is 44.7 Å². The first kappa shape index (κ1) is 27.4. The highest BCUT2D eigenvalue weighted by atomic mass is 35.5. The number of likely N-dealkylation sites (tertiary alicyclic amines) is 1. The zero-order chi connectivity index (χ0) is 19.6. The van der Waals surface area contributed by atoms with E-state index in [1.54, 1.807) is 6.20 Å². The Balaban J connectivity index is 0.00000392. The third kappa shape index (κ3) is 7.99. The van der Waals surface area contributed by atoms with Crippen LogP contribution in [0.5, 0.6) is 0 Å². The van der Waals surface area contributed by atoms with E-state index >= 15 is 0 Å². The summed E-state index contributed by atoms with van der Waals surface area (Å²) >= 11 is 0. The quantitative estimate of drug-likeness (QED) is 0.606. The largest absolute Gasteiger partial charge is 0.357 e. The van der Waals surface area contributed by atoms with Crippen molar-refractivity contribution in [3.05, 3.63) is 23.9 Å². The number of nitrogens with two attached hydrogens (primary N) is 1. The molecule has 1 atom stereocenters. The molecule has 7 nitrogen and oxygen atoms in total. The molecule has 1 aromatic heterocycles. The molecule has 1 saturated heterocycles. The highest BCUT2D eigenvalue weighted by molar-refractivity contribution is 5.94. The van der Waals surface area contributed by atoms with Gasteiger partial charge in [0, 0.05) is 51.4 Å². The van der Waals surface area contributed by atoms with E-state index in [4.69, 9.17) is 5.73 Å². The van der Waals surface area contributed by atoms with Gasteiger partial charge in [0.2, 0.25) is 5.91 Å². The van der Waals surface area contributed by atoms with Crippen LogP contribution in [0.25, 0.3) is 0 Å². The number of pyridine rings is 1. The number of anilines is 1. The highest BCUT2D eigenvalue weighted by Crippen LogP contribution is 2.20. The van der Waals surface area contributed by atoms with E-state index in [-0.39, 0.29) is 42.7 Å². The summed E-state index contributed by atoms with van der Waals surface area (Å²) in [4.78, 5) is 33.3. The molecule has 1 aliphatic heterocycles. The van der Waals surface area contributed by atoms with Crippen molar-refractivity contribution < 1.29 is 9.59 Å². The predicted molar refractivity (Wildman–Crippen MR) is 122 cm³/mol. The van der Waals surface area contributed by atoms with Crippen LogP contribution in [0.15, 0.2) is 18.3 Å². The van der Waals surface area contributed by atoms with Crippen LogP contribution >= 0.6 is 24.8 Å². The number of amides is 2. The molecular weight excluding hydrogens is 413 g/mol. The van der Waals surface area contributed by atoms with Crippen molar-refractivity contribution in [3.63, 3.8) is 0 Å². The number of hydrogen-bond donors (Lipinski definition) is 2. The summed E-state index contributed by atoms with van der Waals surface area (Å²) in [5.41, 5.74) is 6.02. The molecule has 9 heteroatoms. The first-order valence-corrected chi connectivity index (χ1v) is 10.1. The molecule has 2 heterocycles. The van der Waals surface area contributed by atoms with Crippen LogP contribution in [-0.4, -0.2) is 60.5 Å². The molecule has 1 fully saturated rings. The van der Waals surface area contributed by atoms with E-state index in [9.17, 15) is 9.59 Å². The number of nitrogens with zero attached hydrogens (tertiary/aromatic N) is 3. The molecule has 0 saturated carbocycles. The van der Waals surface area contributed by atoms with Gasteiger partial charge in [0.05, 0.1) is 5.56 Å². The van der Waals surface area contributed by atoms with Crippen molar-refractivity contribution in [2.45, 2.75) is 52.0 Å². The Labute approximate surface area is 186 Å². The van der Waals surface area contributed by atoms with Crippen molar-refractivity contribution in [1.82, 2.24) is 15.2 Å². The second-order valence-electron chi connectivity index (χ2n) is 6.98. The van der Waals surface area contributed by atoms with Gasteiger partial charge in [0.25, 0.3) is 5.91 Å². The molecule has 0 radical (unpaired) electrons. The molecule has 1 unspecified atom stereocenters. The Bertz CT molecular complexity index is 615. The number of nitrogens with one attached hydrogen (secondary N) is 1. The van der Waals surface area contributed by atoms with Crippen LogP contribution in [-0.2, 0) is 4.79 Å². The number of aromatic nitrogens is 1. The van der Waals surface area contributed by atoms with Crippen LogP contribution in [0.1, 0.15) is 56.3 Å². The van der Waals surface area contributed by atoms with Crippen molar-refractivity contribution in [2.24, 2.45) is 5.73 Å². The summed E-state index contributed by atoms with van der Waals surface area (Å²) in [5.74, 6) is 0.836. The monoisotopic (exact) mass is 447 g/mol. The number of carbonyl (C=O) groups is 2. The molecule has 0 bridgehead atoms. The van der Waals surface area contributed by atoms with Crippen LogP contribution in [0.3, 0.4) is 0 Å².